The van der Waals surface area contributed by atoms with Crippen molar-refractivity contribution < 1.29 is 14.4 Å². The molecule has 1 heterocycles. The number of nitrogens with zero attached hydrogens (tertiary/aromatic N) is 3. The highest BCUT2D eigenvalue weighted by atomic mass is 35.5. The number of hydrogen-bond acceptors (Lipinski definition) is 4. The number of rotatable bonds is 5. The summed E-state index contributed by atoms with van der Waals surface area (Å²) >= 11 is 6.04. The van der Waals surface area contributed by atoms with Crippen molar-refractivity contribution in [1.82, 2.24) is 4.90 Å². The van der Waals surface area contributed by atoms with E-state index in [1.807, 2.05) is 13.0 Å². The number of halogens is 1. The van der Waals surface area contributed by atoms with Crippen LogP contribution in [0.4, 0.5) is 5.69 Å². The van der Waals surface area contributed by atoms with E-state index in [-0.39, 0.29) is 19.5 Å². The molecule has 3 amide bonds. The molecule has 1 aliphatic rings. The lowest BCUT2D eigenvalue weighted by Crippen LogP contribution is -2.43. The number of carbonyl (C=O) groups excluding carboxylic acids is 3. The summed E-state index contributed by atoms with van der Waals surface area (Å²) in [7, 11) is 0. The number of amides is 3. The van der Waals surface area contributed by atoms with Gasteiger partial charge in [0, 0.05) is 17.3 Å². The second-order valence-corrected chi connectivity index (χ2v) is 6.54. The highest BCUT2D eigenvalue weighted by molar-refractivity contribution is 6.31. The van der Waals surface area contributed by atoms with Gasteiger partial charge in [-0.2, -0.15) is 5.26 Å². The number of fused-ring (bicyclic) bond motifs is 1. The number of anilines is 1. The van der Waals surface area contributed by atoms with Crippen molar-refractivity contribution in [1.29, 1.82) is 5.26 Å². The molecule has 0 saturated heterocycles. The lowest BCUT2D eigenvalue weighted by atomic mass is 10.1. The maximum Gasteiger partial charge on any atom is 0.262 e. The molecule has 0 aliphatic carbocycles. The third kappa shape index (κ3) is 3.55. The van der Waals surface area contributed by atoms with Gasteiger partial charge in [-0.25, -0.2) is 0 Å². The number of hydrogen-bond donors (Lipinski definition) is 0. The first-order chi connectivity index (χ1) is 12.9. The minimum Gasteiger partial charge on any atom is -0.310 e. The monoisotopic (exact) mass is 381 g/mol. The minimum atomic E-state index is -0.489. The molecule has 1 aliphatic heterocycles. The van der Waals surface area contributed by atoms with Crippen LogP contribution >= 0.6 is 11.6 Å². The largest absolute Gasteiger partial charge is 0.310 e. The quantitative estimate of drug-likeness (QED) is 0.745. The van der Waals surface area contributed by atoms with Gasteiger partial charge in [0.1, 0.15) is 6.54 Å². The highest BCUT2D eigenvalue weighted by Crippen LogP contribution is 2.25. The zero-order valence-corrected chi connectivity index (χ0v) is 15.4. The topological polar surface area (TPSA) is 81.5 Å². The molecule has 7 heteroatoms. The van der Waals surface area contributed by atoms with Gasteiger partial charge in [0.15, 0.2) is 0 Å². The van der Waals surface area contributed by atoms with Crippen LogP contribution in [-0.4, -0.2) is 35.7 Å². The van der Waals surface area contributed by atoms with Gasteiger partial charge >= 0.3 is 0 Å². The van der Waals surface area contributed by atoms with Gasteiger partial charge in [-0.05, 0) is 42.8 Å². The predicted molar refractivity (Wildman–Crippen MR) is 101 cm³/mol. The van der Waals surface area contributed by atoms with Crippen molar-refractivity contribution >= 4 is 35.0 Å². The lowest BCUT2D eigenvalue weighted by Gasteiger charge is -2.24. The van der Waals surface area contributed by atoms with Crippen molar-refractivity contribution in [3.05, 3.63) is 64.2 Å². The molecule has 0 N–H and O–H groups in total. The third-order valence-electron chi connectivity index (χ3n) is 4.37. The van der Waals surface area contributed by atoms with Crippen LogP contribution in [0.3, 0.4) is 0 Å². The Morgan fingerprint density at radius 3 is 2.33 bits per heavy atom. The molecule has 27 heavy (non-hydrogen) atoms. The van der Waals surface area contributed by atoms with Crippen molar-refractivity contribution in [2.24, 2.45) is 0 Å². The van der Waals surface area contributed by atoms with E-state index in [1.165, 1.54) is 4.90 Å². The van der Waals surface area contributed by atoms with Gasteiger partial charge < -0.3 is 4.90 Å². The van der Waals surface area contributed by atoms with E-state index in [9.17, 15) is 14.4 Å². The molecule has 0 aromatic heterocycles. The molecule has 0 unspecified atom stereocenters. The van der Waals surface area contributed by atoms with Gasteiger partial charge in [-0.3, -0.25) is 19.3 Å². The molecular weight excluding hydrogens is 366 g/mol. The van der Waals surface area contributed by atoms with Crippen LogP contribution in [-0.2, 0) is 4.79 Å². The van der Waals surface area contributed by atoms with Crippen LogP contribution in [0.2, 0.25) is 5.02 Å². The zero-order chi connectivity index (χ0) is 19.6. The van der Waals surface area contributed by atoms with Crippen LogP contribution in [0.5, 0.6) is 0 Å². The van der Waals surface area contributed by atoms with E-state index in [1.54, 1.807) is 42.5 Å². The maximum absolute atomic E-state index is 12.9. The normalized spacial score (nSPS) is 12.7. The smallest absolute Gasteiger partial charge is 0.262 e. The second-order valence-electron chi connectivity index (χ2n) is 6.13. The molecule has 3 rings (SSSR count). The minimum absolute atomic E-state index is 0.121. The van der Waals surface area contributed by atoms with E-state index in [0.717, 1.165) is 10.5 Å². The number of nitriles is 1. The molecule has 0 saturated carbocycles. The first-order valence-electron chi connectivity index (χ1n) is 8.32. The summed E-state index contributed by atoms with van der Waals surface area (Å²) in [5, 5.41) is 9.46. The molecule has 0 spiro atoms. The third-order valence-corrected chi connectivity index (χ3v) is 4.80. The Kier molecular flexibility index (Phi) is 5.24. The predicted octanol–water partition coefficient (Wildman–Crippen LogP) is 3.19. The summed E-state index contributed by atoms with van der Waals surface area (Å²) in [5.41, 5.74) is 1.93. The Labute approximate surface area is 161 Å². The van der Waals surface area contributed by atoms with E-state index < -0.39 is 17.7 Å². The summed E-state index contributed by atoms with van der Waals surface area (Å²) < 4.78 is 0. The molecule has 2 aromatic carbocycles. The molecule has 2 aromatic rings. The van der Waals surface area contributed by atoms with Crippen LogP contribution < -0.4 is 4.90 Å². The summed E-state index contributed by atoms with van der Waals surface area (Å²) in [6.07, 6.45) is 0.121. The Bertz CT molecular complexity index is 946. The van der Waals surface area contributed by atoms with Gasteiger partial charge in [0.25, 0.3) is 11.8 Å². The van der Waals surface area contributed by atoms with Crippen molar-refractivity contribution in [2.45, 2.75) is 13.3 Å². The van der Waals surface area contributed by atoms with Gasteiger partial charge in [0.2, 0.25) is 5.91 Å². The van der Waals surface area contributed by atoms with Crippen LogP contribution in [0, 0.1) is 18.3 Å². The SMILES string of the molecule is Cc1cc(N(CCC#N)C(=O)CN2C(=O)c3ccccc3C2=O)ccc1Cl. The first kappa shape index (κ1) is 18.6. The van der Waals surface area contributed by atoms with Gasteiger partial charge in [0.05, 0.1) is 23.6 Å². The van der Waals surface area contributed by atoms with Crippen molar-refractivity contribution in [2.75, 3.05) is 18.0 Å². The van der Waals surface area contributed by atoms with Crippen molar-refractivity contribution in [3.8, 4) is 6.07 Å². The summed E-state index contributed by atoms with van der Waals surface area (Å²) in [5.74, 6) is -1.42. The fourth-order valence-corrected chi connectivity index (χ4v) is 3.08. The van der Waals surface area contributed by atoms with Crippen LogP contribution in [0.25, 0.3) is 0 Å². The fraction of sp³-hybridized carbons (Fsp3) is 0.200. The van der Waals surface area contributed by atoms with Gasteiger partial charge in [-0.1, -0.05) is 23.7 Å². The van der Waals surface area contributed by atoms with Gasteiger partial charge in [-0.15, -0.1) is 0 Å². The van der Waals surface area contributed by atoms with Crippen LogP contribution in [0.15, 0.2) is 42.5 Å². The first-order valence-corrected chi connectivity index (χ1v) is 8.70. The summed E-state index contributed by atoms with van der Waals surface area (Å²) in [6.45, 7) is 1.57. The summed E-state index contributed by atoms with van der Waals surface area (Å²) in [4.78, 5) is 40.2. The van der Waals surface area contributed by atoms with Crippen LogP contribution in [0.1, 0.15) is 32.7 Å². The number of benzene rings is 2. The average molecular weight is 382 g/mol. The zero-order valence-electron chi connectivity index (χ0n) is 14.6. The van der Waals surface area contributed by atoms with E-state index >= 15 is 0 Å². The summed E-state index contributed by atoms with van der Waals surface area (Å²) in [6, 6.07) is 13.6. The van der Waals surface area contributed by atoms with E-state index in [2.05, 4.69) is 0 Å². The van der Waals surface area contributed by atoms with E-state index in [4.69, 9.17) is 16.9 Å². The Morgan fingerprint density at radius 1 is 1.15 bits per heavy atom. The fourth-order valence-electron chi connectivity index (χ4n) is 2.96. The highest BCUT2D eigenvalue weighted by Gasteiger charge is 2.37. The lowest BCUT2D eigenvalue weighted by molar-refractivity contribution is -0.118. The number of imide groups is 1. The average Bonchev–Trinajstić information content (AvgIpc) is 2.90. The Morgan fingerprint density at radius 2 is 1.78 bits per heavy atom. The molecular formula is C20H16ClN3O3. The molecule has 0 bridgehead atoms. The molecule has 6 nitrogen and oxygen atoms in total. The standard InChI is InChI=1S/C20H16ClN3O3/c1-13-11-14(7-8-17(13)21)23(10-4-9-22)18(25)12-24-19(26)15-5-2-3-6-16(15)20(24)27/h2-3,5-8,11H,4,10,12H2,1H3. The Hall–Kier alpha value is -3.17. The molecule has 0 atom stereocenters. The number of aryl methyl sites for hydroxylation is 1. The second kappa shape index (κ2) is 7.60. The molecule has 136 valence electrons. The number of carbonyl (C=O) groups is 3. The molecule has 0 fully saturated rings. The Balaban J connectivity index is 1.85. The van der Waals surface area contributed by atoms with E-state index in [0.29, 0.717) is 21.8 Å². The van der Waals surface area contributed by atoms with Crippen molar-refractivity contribution in [3.63, 3.8) is 0 Å². The maximum atomic E-state index is 12.9. The molecule has 0 radical (unpaired) electrons.